The Kier molecular flexibility index (Phi) is 8.59. The molecule has 2 heterocycles. The molecule has 10 heteroatoms. The lowest BCUT2D eigenvalue weighted by atomic mass is 10.2. The number of rotatable bonds is 9. The van der Waals surface area contributed by atoms with Crippen molar-refractivity contribution in [2.24, 2.45) is 0 Å². The van der Waals surface area contributed by atoms with E-state index in [0.29, 0.717) is 17.3 Å². The predicted molar refractivity (Wildman–Crippen MR) is 102 cm³/mol. The minimum Gasteiger partial charge on any atom is -0.482 e. The Labute approximate surface area is 158 Å². The number of anilines is 2. The average molecular weight is 381 g/mol. The van der Waals surface area contributed by atoms with Crippen molar-refractivity contribution in [3.05, 3.63) is 35.8 Å². The van der Waals surface area contributed by atoms with Gasteiger partial charge >= 0.3 is 5.97 Å². The molecule has 1 atom stereocenters. The Hall–Kier alpha value is -2.59. The first-order valence-electron chi connectivity index (χ1n) is 7.85. The quantitative estimate of drug-likeness (QED) is 0.507. The smallest absolute Gasteiger partial charge is 0.354 e. The largest absolute Gasteiger partial charge is 0.482 e. The number of aliphatic hydroxyl groups is 1. The molecule has 9 nitrogen and oxygen atoms in total. The number of nitrogen functional groups attached to an aromatic ring is 1. The lowest BCUT2D eigenvalue weighted by Gasteiger charge is -2.18. The zero-order valence-electron chi connectivity index (χ0n) is 14.3. The van der Waals surface area contributed by atoms with Crippen molar-refractivity contribution < 1.29 is 19.7 Å². The highest BCUT2D eigenvalue weighted by molar-refractivity contribution is 7.59. The van der Waals surface area contributed by atoms with Crippen molar-refractivity contribution >= 4 is 31.2 Å². The number of carboxylic acid groups (broad SMARTS) is 1. The van der Waals surface area contributed by atoms with Crippen LogP contribution in [-0.2, 0) is 6.61 Å². The maximum atomic E-state index is 11.0. The van der Waals surface area contributed by atoms with Gasteiger partial charge in [0.15, 0.2) is 11.6 Å². The third-order valence-electron chi connectivity index (χ3n) is 3.37. The van der Waals surface area contributed by atoms with E-state index in [0.717, 1.165) is 12.8 Å². The Bertz CT molecular complexity index is 732. The third kappa shape index (κ3) is 6.05. The molecule has 0 aliphatic heterocycles. The number of nitrogens with two attached hydrogens (primary N) is 1. The molecule has 142 valence electrons. The van der Waals surface area contributed by atoms with E-state index >= 15 is 0 Å². The van der Waals surface area contributed by atoms with Gasteiger partial charge < -0.3 is 26.0 Å². The van der Waals surface area contributed by atoms with Gasteiger partial charge in [0.2, 0.25) is 5.95 Å². The van der Waals surface area contributed by atoms with Gasteiger partial charge in [-0.05, 0) is 18.6 Å². The number of nitrogens with zero attached hydrogens (tertiary/aromatic N) is 3. The molecule has 0 amide bonds. The summed E-state index contributed by atoms with van der Waals surface area (Å²) in [4.78, 5) is 23.0. The van der Waals surface area contributed by atoms with Gasteiger partial charge in [0.25, 0.3) is 0 Å². The van der Waals surface area contributed by atoms with Gasteiger partial charge in [-0.3, -0.25) is 0 Å². The fourth-order valence-corrected chi connectivity index (χ4v) is 2.18. The monoisotopic (exact) mass is 381 g/mol. The zero-order valence-corrected chi connectivity index (χ0v) is 15.3. The molecule has 5 N–H and O–H groups in total. The molecule has 0 unspecified atom stereocenters. The van der Waals surface area contributed by atoms with E-state index in [1.54, 1.807) is 12.1 Å². The van der Waals surface area contributed by atoms with Crippen LogP contribution < -0.4 is 15.8 Å². The Balaban J connectivity index is 0.00000338. The first-order chi connectivity index (χ1) is 12.0. The van der Waals surface area contributed by atoms with Crippen molar-refractivity contribution in [2.45, 2.75) is 32.4 Å². The summed E-state index contributed by atoms with van der Waals surface area (Å²) in [5.41, 5.74) is 6.02. The van der Waals surface area contributed by atoms with Gasteiger partial charge in [-0.25, -0.2) is 14.8 Å². The fourth-order valence-electron chi connectivity index (χ4n) is 2.18. The summed E-state index contributed by atoms with van der Waals surface area (Å²) in [6, 6.07) is 4.47. The summed E-state index contributed by atoms with van der Waals surface area (Å²) < 4.78 is 5.66. The highest BCUT2D eigenvalue weighted by Gasteiger charge is 2.14. The van der Waals surface area contributed by atoms with Gasteiger partial charge in [-0.1, -0.05) is 19.4 Å². The Morgan fingerprint density at radius 3 is 2.81 bits per heavy atom. The molecule has 26 heavy (non-hydrogen) atoms. The topological polar surface area (TPSA) is 143 Å². The number of aromatic carboxylic acids is 1. The van der Waals surface area contributed by atoms with Crippen LogP contribution in [0.3, 0.4) is 0 Å². The lowest BCUT2D eigenvalue weighted by Crippen LogP contribution is -2.24. The summed E-state index contributed by atoms with van der Waals surface area (Å²) in [6.45, 7) is 2.00. The van der Waals surface area contributed by atoms with Crippen LogP contribution in [0.5, 0.6) is 5.75 Å². The van der Waals surface area contributed by atoms with Crippen LogP contribution in [0.4, 0.5) is 11.8 Å². The molecule has 0 bridgehead atoms. The average Bonchev–Trinajstić information content (AvgIpc) is 2.60. The van der Waals surface area contributed by atoms with Gasteiger partial charge in [0.05, 0.1) is 24.5 Å². The zero-order chi connectivity index (χ0) is 18.2. The number of ether oxygens (including phenoxy) is 1. The van der Waals surface area contributed by atoms with Crippen LogP contribution in [0.1, 0.15) is 35.9 Å². The summed E-state index contributed by atoms with van der Waals surface area (Å²) in [5.74, 6) is -0.319. The number of hydrogen-bond donors (Lipinski definition) is 4. The molecule has 0 aliphatic carbocycles. The molecular formula is C16H23N5O4S. The first kappa shape index (κ1) is 21.5. The lowest BCUT2D eigenvalue weighted by molar-refractivity contribution is 0.0690. The van der Waals surface area contributed by atoms with E-state index in [4.69, 9.17) is 15.6 Å². The minimum absolute atomic E-state index is 0. The fraction of sp³-hybridized carbons (Fsp3) is 0.375. The predicted octanol–water partition coefficient (Wildman–Crippen LogP) is 1.42. The van der Waals surface area contributed by atoms with Gasteiger partial charge in [0, 0.05) is 0 Å². The number of nitrogens with one attached hydrogen (secondary N) is 1. The van der Waals surface area contributed by atoms with Crippen LogP contribution in [-0.4, -0.2) is 43.8 Å². The van der Waals surface area contributed by atoms with E-state index in [9.17, 15) is 9.90 Å². The van der Waals surface area contributed by atoms with Crippen molar-refractivity contribution in [1.82, 2.24) is 15.0 Å². The molecule has 2 aromatic heterocycles. The van der Waals surface area contributed by atoms with Crippen LogP contribution in [0.2, 0.25) is 0 Å². The van der Waals surface area contributed by atoms with E-state index in [1.807, 2.05) is 6.92 Å². The van der Waals surface area contributed by atoms with Crippen molar-refractivity contribution in [2.75, 3.05) is 17.7 Å². The molecule has 0 aliphatic rings. The third-order valence-corrected chi connectivity index (χ3v) is 3.37. The molecule has 0 aromatic carbocycles. The van der Waals surface area contributed by atoms with E-state index < -0.39 is 5.97 Å². The van der Waals surface area contributed by atoms with E-state index in [-0.39, 0.29) is 44.4 Å². The Morgan fingerprint density at radius 2 is 2.15 bits per heavy atom. The number of aliphatic hydroxyl groups excluding tert-OH is 1. The second-order valence-electron chi connectivity index (χ2n) is 5.36. The molecule has 0 saturated carbocycles. The maximum absolute atomic E-state index is 11.0. The minimum atomic E-state index is -1.11. The normalized spacial score (nSPS) is 11.3. The first-order valence-corrected chi connectivity index (χ1v) is 7.85. The van der Waals surface area contributed by atoms with Crippen molar-refractivity contribution in [3.8, 4) is 5.75 Å². The number of carboxylic acids is 1. The van der Waals surface area contributed by atoms with Crippen LogP contribution in [0.25, 0.3) is 0 Å². The number of hydrogen-bond acceptors (Lipinski definition) is 8. The summed E-state index contributed by atoms with van der Waals surface area (Å²) >= 11 is 0. The molecular weight excluding hydrogens is 358 g/mol. The maximum Gasteiger partial charge on any atom is 0.354 e. The molecule has 0 fully saturated rings. The summed E-state index contributed by atoms with van der Waals surface area (Å²) in [7, 11) is 0. The van der Waals surface area contributed by atoms with Gasteiger partial charge in [-0.2, -0.15) is 18.5 Å². The second kappa shape index (κ2) is 10.4. The standard InChI is InChI=1S/C16H21N5O4.H2S/c1-2-4-10(8-22)20-14-13(7-18-16(17)21-14)25-9-11-5-3-6-12(19-11)15(23)24;/h3,5-7,10,22H,2,4,8-9H2,1H3,(H,23,24)(H3,17,18,20,21);1H2/t10-;/m0./s1. The van der Waals surface area contributed by atoms with Crippen LogP contribution in [0.15, 0.2) is 24.4 Å². The van der Waals surface area contributed by atoms with Gasteiger partial charge in [-0.15, -0.1) is 0 Å². The van der Waals surface area contributed by atoms with E-state index in [1.165, 1.54) is 12.3 Å². The van der Waals surface area contributed by atoms with Crippen molar-refractivity contribution in [1.29, 1.82) is 0 Å². The van der Waals surface area contributed by atoms with Gasteiger partial charge in [0.1, 0.15) is 12.3 Å². The molecule has 0 spiro atoms. The number of carbonyl (C=O) groups is 1. The second-order valence-corrected chi connectivity index (χ2v) is 5.36. The highest BCUT2D eigenvalue weighted by Crippen LogP contribution is 2.24. The van der Waals surface area contributed by atoms with Crippen molar-refractivity contribution in [3.63, 3.8) is 0 Å². The Morgan fingerprint density at radius 1 is 1.38 bits per heavy atom. The molecule has 2 aromatic rings. The van der Waals surface area contributed by atoms with Crippen LogP contribution in [0, 0.1) is 0 Å². The van der Waals surface area contributed by atoms with E-state index in [2.05, 4.69) is 20.3 Å². The summed E-state index contributed by atoms with van der Waals surface area (Å²) in [5, 5.41) is 21.5. The molecule has 0 saturated heterocycles. The highest BCUT2D eigenvalue weighted by atomic mass is 32.1. The molecule has 0 radical (unpaired) electrons. The van der Waals surface area contributed by atoms with Crippen LogP contribution >= 0.6 is 13.5 Å². The number of pyridine rings is 1. The molecule has 2 rings (SSSR count). The SMILES string of the molecule is CCC[C@@H](CO)Nc1nc(N)ncc1OCc1cccc(C(=O)O)n1.S. The number of aromatic nitrogens is 3. The summed E-state index contributed by atoms with van der Waals surface area (Å²) in [6.07, 6.45) is 3.06.